The van der Waals surface area contributed by atoms with Crippen LogP contribution in [0.4, 0.5) is 11.4 Å². The quantitative estimate of drug-likeness (QED) is 0.758. The standard InChI is InChI=1S/C18H18ClN3O3/c1-21(2)14-8-7-12(19)11-13(14)20-17(23)9-10-22-15-5-3-4-6-16(15)25-18(22)24/h3-8,11H,9-10H2,1-2H3,(H,20,23). The van der Waals surface area contributed by atoms with Crippen molar-refractivity contribution in [2.75, 3.05) is 24.3 Å². The number of aromatic nitrogens is 1. The van der Waals surface area contributed by atoms with Crippen molar-refractivity contribution in [3.63, 3.8) is 0 Å². The zero-order chi connectivity index (χ0) is 18.0. The van der Waals surface area contributed by atoms with Crippen molar-refractivity contribution in [3.8, 4) is 0 Å². The maximum absolute atomic E-state index is 12.3. The largest absolute Gasteiger partial charge is 0.419 e. The minimum absolute atomic E-state index is 0.142. The number of rotatable bonds is 5. The van der Waals surface area contributed by atoms with Crippen LogP contribution in [0.25, 0.3) is 11.1 Å². The van der Waals surface area contributed by atoms with Crippen LogP contribution in [-0.4, -0.2) is 24.6 Å². The first-order valence-electron chi connectivity index (χ1n) is 7.81. The summed E-state index contributed by atoms with van der Waals surface area (Å²) < 4.78 is 6.63. The number of carbonyl (C=O) groups excluding carboxylic acids is 1. The number of amides is 1. The Labute approximate surface area is 149 Å². The predicted molar refractivity (Wildman–Crippen MR) is 99.5 cm³/mol. The van der Waals surface area contributed by atoms with Gasteiger partial charge in [0.25, 0.3) is 0 Å². The van der Waals surface area contributed by atoms with E-state index in [0.717, 1.165) is 5.69 Å². The summed E-state index contributed by atoms with van der Waals surface area (Å²) in [5.41, 5.74) is 2.67. The number of oxazole rings is 1. The van der Waals surface area contributed by atoms with E-state index < -0.39 is 5.76 Å². The number of fused-ring (bicyclic) bond motifs is 1. The number of nitrogens with one attached hydrogen (secondary N) is 1. The Hall–Kier alpha value is -2.73. The summed E-state index contributed by atoms with van der Waals surface area (Å²) in [6.07, 6.45) is 0.142. The minimum Gasteiger partial charge on any atom is -0.408 e. The first-order valence-corrected chi connectivity index (χ1v) is 8.18. The molecule has 0 radical (unpaired) electrons. The molecule has 0 saturated heterocycles. The van der Waals surface area contributed by atoms with E-state index in [4.69, 9.17) is 16.0 Å². The van der Waals surface area contributed by atoms with Crippen LogP contribution in [-0.2, 0) is 11.3 Å². The van der Waals surface area contributed by atoms with Gasteiger partial charge in [-0.1, -0.05) is 23.7 Å². The molecular formula is C18H18ClN3O3. The van der Waals surface area contributed by atoms with E-state index in [1.807, 2.05) is 31.1 Å². The van der Waals surface area contributed by atoms with E-state index in [0.29, 0.717) is 21.8 Å². The first-order chi connectivity index (χ1) is 12.0. The Bertz CT molecular complexity index is 975. The lowest BCUT2D eigenvalue weighted by atomic mass is 10.2. The second-order valence-corrected chi connectivity index (χ2v) is 6.28. The lowest BCUT2D eigenvalue weighted by Gasteiger charge is -2.18. The van der Waals surface area contributed by atoms with E-state index in [9.17, 15) is 9.59 Å². The Morgan fingerprint density at radius 3 is 2.76 bits per heavy atom. The van der Waals surface area contributed by atoms with E-state index >= 15 is 0 Å². The molecule has 3 aromatic rings. The molecule has 6 nitrogen and oxygen atoms in total. The molecule has 3 rings (SSSR count). The van der Waals surface area contributed by atoms with Gasteiger partial charge in [0, 0.05) is 32.1 Å². The molecule has 25 heavy (non-hydrogen) atoms. The van der Waals surface area contributed by atoms with Gasteiger partial charge in [-0.15, -0.1) is 0 Å². The smallest absolute Gasteiger partial charge is 0.408 e. The molecule has 7 heteroatoms. The van der Waals surface area contributed by atoms with Crippen molar-refractivity contribution in [2.24, 2.45) is 0 Å². The van der Waals surface area contributed by atoms with Crippen LogP contribution in [0, 0.1) is 0 Å². The number of aryl methyl sites for hydroxylation is 1. The van der Waals surface area contributed by atoms with Crippen molar-refractivity contribution < 1.29 is 9.21 Å². The van der Waals surface area contributed by atoms with Gasteiger partial charge in [0.05, 0.1) is 16.9 Å². The van der Waals surface area contributed by atoms with Crippen LogP contribution < -0.4 is 16.0 Å². The number of hydrogen-bond acceptors (Lipinski definition) is 4. The molecule has 1 amide bonds. The van der Waals surface area contributed by atoms with Gasteiger partial charge in [-0.25, -0.2) is 4.79 Å². The summed E-state index contributed by atoms with van der Waals surface area (Å²) in [4.78, 5) is 26.1. The topological polar surface area (TPSA) is 67.5 Å². The molecule has 0 aliphatic carbocycles. The summed E-state index contributed by atoms with van der Waals surface area (Å²) in [6.45, 7) is 0.236. The average molecular weight is 360 g/mol. The molecule has 1 heterocycles. The molecule has 130 valence electrons. The monoisotopic (exact) mass is 359 g/mol. The maximum Gasteiger partial charge on any atom is 0.419 e. The SMILES string of the molecule is CN(C)c1ccc(Cl)cc1NC(=O)CCn1c(=O)oc2ccccc21. The molecular weight excluding hydrogens is 342 g/mol. The molecule has 0 aliphatic heterocycles. The normalized spacial score (nSPS) is 10.8. The highest BCUT2D eigenvalue weighted by Gasteiger charge is 2.12. The van der Waals surface area contributed by atoms with Gasteiger partial charge in [0.1, 0.15) is 0 Å². The van der Waals surface area contributed by atoms with Gasteiger partial charge in [0.2, 0.25) is 5.91 Å². The fourth-order valence-electron chi connectivity index (χ4n) is 2.65. The molecule has 0 spiro atoms. The second-order valence-electron chi connectivity index (χ2n) is 5.84. The van der Waals surface area contributed by atoms with E-state index in [1.165, 1.54) is 4.57 Å². The van der Waals surface area contributed by atoms with Gasteiger partial charge in [-0.2, -0.15) is 0 Å². The molecule has 2 aromatic carbocycles. The summed E-state index contributed by atoms with van der Waals surface area (Å²) in [7, 11) is 3.77. The third-order valence-corrected chi connectivity index (χ3v) is 4.09. The summed E-state index contributed by atoms with van der Waals surface area (Å²) in [6, 6.07) is 12.4. The Morgan fingerprint density at radius 2 is 2.00 bits per heavy atom. The van der Waals surface area contributed by atoms with E-state index in [2.05, 4.69) is 5.32 Å². The fourth-order valence-corrected chi connectivity index (χ4v) is 2.82. The van der Waals surface area contributed by atoms with Gasteiger partial charge in [0.15, 0.2) is 5.58 Å². The van der Waals surface area contributed by atoms with Crippen LogP contribution in [0.2, 0.25) is 5.02 Å². The second kappa shape index (κ2) is 7.03. The van der Waals surface area contributed by atoms with Crippen molar-refractivity contribution in [2.45, 2.75) is 13.0 Å². The number of para-hydroxylation sites is 2. The minimum atomic E-state index is -0.467. The Balaban J connectivity index is 1.74. The van der Waals surface area contributed by atoms with Crippen molar-refractivity contribution in [3.05, 3.63) is 58.0 Å². The van der Waals surface area contributed by atoms with Crippen LogP contribution in [0.1, 0.15) is 6.42 Å². The number of benzene rings is 2. The highest BCUT2D eigenvalue weighted by Crippen LogP contribution is 2.28. The zero-order valence-corrected chi connectivity index (χ0v) is 14.7. The molecule has 0 saturated carbocycles. The number of halogens is 1. The van der Waals surface area contributed by atoms with Crippen LogP contribution >= 0.6 is 11.6 Å². The van der Waals surface area contributed by atoms with Gasteiger partial charge in [-0.05, 0) is 30.3 Å². The lowest BCUT2D eigenvalue weighted by molar-refractivity contribution is -0.116. The van der Waals surface area contributed by atoms with E-state index in [-0.39, 0.29) is 18.9 Å². The highest BCUT2D eigenvalue weighted by atomic mass is 35.5. The Kier molecular flexibility index (Phi) is 4.81. The molecule has 1 aromatic heterocycles. The number of hydrogen-bond donors (Lipinski definition) is 1. The highest BCUT2D eigenvalue weighted by molar-refractivity contribution is 6.31. The summed E-state index contributed by atoms with van der Waals surface area (Å²) >= 11 is 6.02. The Morgan fingerprint density at radius 1 is 1.24 bits per heavy atom. The molecule has 1 N–H and O–H groups in total. The molecule has 0 atom stereocenters. The first kappa shape index (κ1) is 17.1. The molecule has 0 fully saturated rings. The van der Waals surface area contributed by atoms with Crippen molar-refractivity contribution >= 4 is 40.0 Å². The van der Waals surface area contributed by atoms with Gasteiger partial charge < -0.3 is 14.6 Å². The summed E-state index contributed by atoms with van der Waals surface area (Å²) in [5.74, 6) is -0.673. The van der Waals surface area contributed by atoms with Crippen molar-refractivity contribution in [1.82, 2.24) is 4.57 Å². The van der Waals surface area contributed by atoms with Crippen LogP contribution in [0.3, 0.4) is 0 Å². The molecule has 0 unspecified atom stereocenters. The van der Waals surface area contributed by atoms with Gasteiger partial charge >= 0.3 is 5.76 Å². The number of carbonyl (C=O) groups is 1. The fraction of sp³-hybridized carbons (Fsp3) is 0.222. The molecule has 0 aliphatic rings. The number of nitrogens with zero attached hydrogens (tertiary/aromatic N) is 2. The zero-order valence-electron chi connectivity index (χ0n) is 14.0. The van der Waals surface area contributed by atoms with Gasteiger partial charge in [-0.3, -0.25) is 9.36 Å². The summed E-state index contributed by atoms with van der Waals surface area (Å²) in [5, 5.41) is 3.39. The van der Waals surface area contributed by atoms with Crippen LogP contribution in [0.15, 0.2) is 51.7 Å². The molecule has 0 bridgehead atoms. The number of anilines is 2. The average Bonchev–Trinajstić information content (AvgIpc) is 2.88. The van der Waals surface area contributed by atoms with Crippen LogP contribution in [0.5, 0.6) is 0 Å². The predicted octanol–water partition coefficient (Wildman–Crippen LogP) is 3.34. The van der Waals surface area contributed by atoms with Crippen molar-refractivity contribution in [1.29, 1.82) is 0 Å². The maximum atomic E-state index is 12.3. The van der Waals surface area contributed by atoms with E-state index in [1.54, 1.807) is 30.3 Å². The third-order valence-electron chi connectivity index (χ3n) is 3.85. The third kappa shape index (κ3) is 3.69. The lowest BCUT2D eigenvalue weighted by Crippen LogP contribution is -2.21.